The number of fused-ring (bicyclic) bond motifs is 3. The second-order valence-electron chi connectivity index (χ2n) is 8.71. The summed E-state index contributed by atoms with van der Waals surface area (Å²) in [6, 6.07) is 8.70. The Morgan fingerprint density at radius 2 is 1.85 bits per heavy atom. The summed E-state index contributed by atoms with van der Waals surface area (Å²) in [6.07, 6.45) is -3.66. The molecule has 0 amide bonds. The Morgan fingerprint density at radius 1 is 1.09 bits per heavy atom. The second kappa shape index (κ2) is 9.32. The number of hydrogen-bond acceptors (Lipinski definition) is 4. The van der Waals surface area contributed by atoms with Crippen LogP contribution in [0.4, 0.5) is 33.5 Å². The lowest BCUT2D eigenvalue weighted by Gasteiger charge is -2.26. The van der Waals surface area contributed by atoms with Crippen LogP contribution in [0.2, 0.25) is 5.02 Å². The Balaban J connectivity index is 1.83. The first-order valence-electron chi connectivity index (χ1n) is 10.5. The molecule has 0 fully saturated rings. The summed E-state index contributed by atoms with van der Waals surface area (Å²) in [7, 11) is 0. The van der Waals surface area contributed by atoms with E-state index in [-0.39, 0.29) is 30.1 Å². The van der Waals surface area contributed by atoms with E-state index >= 15 is 0 Å². The van der Waals surface area contributed by atoms with E-state index in [1.807, 2.05) is 0 Å². The molecule has 4 aromatic rings. The van der Waals surface area contributed by atoms with Crippen LogP contribution in [0.3, 0.4) is 0 Å². The molecule has 0 saturated heterocycles. The molecule has 0 N–H and O–H groups in total. The maximum absolute atomic E-state index is 14.6. The van der Waals surface area contributed by atoms with Crippen molar-refractivity contribution in [1.82, 2.24) is 19.6 Å². The number of halogens is 6. The molecule has 0 radical (unpaired) electrons. The molecular weight excluding hydrogens is 477 g/mol. The zero-order chi connectivity index (χ0) is 24.6. The van der Waals surface area contributed by atoms with Crippen LogP contribution < -0.4 is 4.90 Å². The standard InChI is InChI=1S/C23H21ClF5N5/c1-23(2,21(28)29)6-5-13-7-15(25)10-16(8-13)33(11-19(26)27)20-17-4-3-14(24)9-18(17)34-12-30-32-22(34)31-20/h3-4,7-10,12,19,21H,5-6,11H2,1-2H3. The second-order valence-corrected chi connectivity index (χ2v) is 9.14. The van der Waals surface area contributed by atoms with Crippen molar-refractivity contribution in [2.75, 3.05) is 11.4 Å². The predicted octanol–water partition coefficient (Wildman–Crippen LogP) is 6.70. The summed E-state index contributed by atoms with van der Waals surface area (Å²) in [5, 5.41) is 8.63. The van der Waals surface area contributed by atoms with E-state index < -0.39 is 30.6 Å². The first-order valence-corrected chi connectivity index (χ1v) is 10.9. The van der Waals surface area contributed by atoms with Crippen LogP contribution in [0.15, 0.2) is 42.7 Å². The minimum atomic E-state index is -2.78. The molecule has 5 nitrogen and oxygen atoms in total. The Kier molecular flexibility index (Phi) is 6.62. The number of benzene rings is 2. The lowest BCUT2D eigenvalue weighted by molar-refractivity contribution is 0.0143. The molecule has 0 saturated carbocycles. The topological polar surface area (TPSA) is 46.3 Å². The van der Waals surface area contributed by atoms with Gasteiger partial charge in [-0.3, -0.25) is 4.40 Å². The van der Waals surface area contributed by atoms with Gasteiger partial charge >= 0.3 is 0 Å². The van der Waals surface area contributed by atoms with Crippen LogP contribution >= 0.6 is 11.6 Å². The number of aryl methyl sites for hydroxylation is 1. The van der Waals surface area contributed by atoms with Gasteiger partial charge in [-0.2, -0.15) is 4.98 Å². The first-order chi connectivity index (χ1) is 16.0. The third-order valence-electron chi connectivity index (χ3n) is 5.67. The minimum absolute atomic E-state index is 0.0911. The molecule has 0 bridgehead atoms. The zero-order valence-electron chi connectivity index (χ0n) is 18.3. The number of hydrogen-bond donors (Lipinski definition) is 0. The smallest absolute Gasteiger partial charge is 0.257 e. The van der Waals surface area contributed by atoms with Crippen LogP contribution in [0, 0.1) is 11.2 Å². The number of rotatable bonds is 8. The van der Waals surface area contributed by atoms with Gasteiger partial charge < -0.3 is 4.90 Å². The quantitative estimate of drug-likeness (QED) is 0.254. The Labute approximate surface area is 197 Å². The summed E-state index contributed by atoms with van der Waals surface area (Å²) < 4.78 is 70.0. The molecule has 0 unspecified atom stereocenters. The van der Waals surface area contributed by atoms with E-state index in [1.54, 1.807) is 22.6 Å². The molecule has 0 aliphatic heterocycles. The molecular formula is C23H21ClF5N5. The van der Waals surface area contributed by atoms with Gasteiger partial charge in [0.1, 0.15) is 18.0 Å². The molecule has 0 spiro atoms. The Hall–Kier alpha value is -3.01. The normalized spacial score (nSPS) is 12.4. The Morgan fingerprint density at radius 3 is 2.56 bits per heavy atom. The lowest BCUT2D eigenvalue weighted by atomic mass is 9.86. The van der Waals surface area contributed by atoms with Crippen LogP contribution in [-0.4, -0.2) is 39.0 Å². The number of alkyl halides is 4. The maximum Gasteiger partial charge on any atom is 0.257 e. The van der Waals surface area contributed by atoms with Crippen molar-refractivity contribution < 1.29 is 22.0 Å². The van der Waals surface area contributed by atoms with Crippen molar-refractivity contribution in [2.45, 2.75) is 39.5 Å². The molecule has 11 heteroatoms. The SMILES string of the molecule is CC(C)(CCc1cc(F)cc(N(CC(F)F)c2nc3nncn3c3cc(Cl)ccc23)c1)C(F)F. The third-order valence-corrected chi connectivity index (χ3v) is 5.91. The highest BCUT2D eigenvalue weighted by Gasteiger charge is 2.29. The van der Waals surface area contributed by atoms with E-state index in [2.05, 4.69) is 15.2 Å². The third kappa shape index (κ3) is 4.91. The van der Waals surface area contributed by atoms with Crippen molar-refractivity contribution in [3.05, 3.63) is 59.1 Å². The molecule has 2 aromatic carbocycles. The van der Waals surface area contributed by atoms with Crippen molar-refractivity contribution >= 4 is 39.8 Å². The van der Waals surface area contributed by atoms with Crippen LogP contribution in [0.1, 0.15) is 25.8 Å². The van der Waals surface area contributed by atoms with E-state index in [0.717, 1.165) is 6.07 Å². The van der Waals surface area contributed by atoms with Crippen molar-refractivity contribution in [2.24, 2.45) is 5.41 Å². The van der Waals surface area contributed by atoms with Gasteiger partial charge in [-0.25, -0.2) is 22.0 Å². The molecule has 180 valence electrons. The highest BCUT2D eigenvalue weighted by Crippen LogP contribution is 2.35. The number of nitrogens with zero attached hydrogens (tertiary/aromatic N) is 5. The summed E-state index contributed by atoms with van der Waals surface area (Å²) in [6.45, 7) is 2.08. The number of anilines is 2. The highest BCUT2D eigenvalue weighted by molar-refractivity contribution is 6.31. The van der Waals surface area contributed by atoms with E-state index in [1.165, 1.54) is 37.2 Å². The van der Waals surface area contributed by atoms with Crippen molar-refractivity contribution in [3.63, 3.8) is 0 Å². The average molecular weight is 498 g/mol. The van der Waals surface area contributed by atoms with Gasteiger partial charge in [0.25, 0.3) is 12.2 Å². The Bertz CT molecular complexity index is 1320. The van der Waals surface area contributed by atoms with Crippen LogP contribution in [-0.2, 0) is 6.42 Å². The van der Waals surface area contributed by atoms with Crippen LogP contribution in [0.25, 0.3) is 16.7 Å². The van der Waals surface area contributed by atoms with E-state index in [0.29, 0.717) is 21.5 Å². The zero-order valence-corrected chi connectivity index (χ0v) is 19.1. The van der Waals surface area contributed by atoms with Gasteiger partial charge in [0.15, 0.2) is 0 Å². The highest BCUT2D eigenvalue weighted by atomic mass is 35.5. The van der Waals surface area contributed by atoms with Gasteiger partial charge in [-0.05, 0) is 54.8 Å². The molecule has 4 rings (SSSR count). The van der Waals surface area contributed by atoms with Gasteiger partial charge in [-0.15, -0.1) is 10.2 Å². The van der Waals surface area contributed by atoms with Crippen molar-refractivity contribution in [1.29, 1.82) is 0 Å². The fourth-order valence-corrected chi connectivity index (χ4v) is 3.86. The molecule has 0 aliphatic rings. The average Bonchev–Trinajstić information content (AvgIpc) is 3.24. The lowest BCUT2D eigenvalue weighted by Crippen LogP contribution is -2.26. The molecule has 2 heterocycles. The molecule has 34 heavy (non-hydrogen) atoms. The molecule has 0 aliphatic carbocycles. The summed E-state index contributed by atoms with van der Waals surface area (Å²) in [5.74, 6) is -0.395. The van der Waals surface area contributed by atoms with Gasteiger partial charge in [-0.1, -0.05) is 25.4 Å². The summed E-state index contributed by atoms with van der Waals surface area (Å²) in [5.41, 5.74) is -0.200. The van der Waals surface area contributed by atoms with Crippen molar-refractivity contribution in [3.8, 4) is 0 Å². The van der Waals surface area contributed by atoms with E-state index in [9.17, 15) is 22.0 Å². The molecule has 0 atom stereocenters. The first kappa shape index (κ1) is 24.1. The van der Waals surface area contributed by atoms with Gasteiger partial charge in [0.05, 0.1) is 12.1 Å². The van der Waals surface area contributed by atoms with Gasteiger partial charge in [0, 0.05) is 21.5 Å². The van der Waals surface area contributed by atoms with E-state index in [4.69, 9.17) is 11.6 Å². The summed E-state index contributed by atoms with van der Waals surface area (Å²) >= 11 is 6.14. The fourth-order valence-electron chi connectivity index (χ4n) is 3.69. The van der Waals surface area contributed by atoms with Crippen LogP contribution in [0.5, 0.6) is 0 Å². The van der Waals surface area contributed by atoms with Gasteiger partial charge in [0.2, 0.25) is 6.43 Å². The maximum atomic E-state index is 14.6. The predicted molar refractivity (Wildman–Crippen MR) is 121 cm³/mol. The number of aromatic nitrogens is 4. The fraction of sp³-hybridized carbons (Fsp3) is 0.348. The monoisotopic (exact) mass is 497 g/mol. The summed E-state index contributed by atoms with van der Waals surface area (Å²) in [4.78, 5) is 5.60. The largest absolute Gasteiger partial charge is 0.320 e. The minimum Gasteiger partial charge on any atom is -0.320 e. The molecule has 2 aromatic heterocycles.